The normalized spacial score (nSPS) is 16.1. The first-order valence-corrected chi connectivity index (χ1v) is 10.9. The van der Waals surface area contributed by atoms with Gasteiger partial charge >= 0.3 is 0 Å². The highest BCUT2D eigenvalue weighted by molar-refractivity contribution is 5.69. The average Bonchev–Trinajstić information content (AvgIpc) is 3.52. The van der Waals surface area contributed by atoms with E-state index in [1.165, 1.54) is 6.42 Å². The Morgan fingerprint density at radius 2 is 1.97 bits per heavy atom. The molecule has 0 bridgehead atoms. The van der Waals surface area contributed by atoms with Crippen molar-refractivity contribution >= 4 is 5.69 Å². The van der Waals surface area contributed by atoms with Crippen LogP contribution in [0.3, 0.4) is 0 Å². The molecule has 160 valence electrons. The number of rotatable bonds is 5. The number of piperidine rings is 1. The predicted octanol–water partition coefficient (Wildman–Crippen LogP) is 4.90. The summed E-state index contributed by atoms with van der Waals surface area (Å²) in [6.07, 6.45) is 9.06. The molecule has 1 saturated heterocycles. The minimum Gasteiger partial charge on any atom is -0.368 e. The molecule has 0 aliphatic carbocycles. The molecule has 1 aliphatic rings. The number of aromatic nitrogens is 4. The Morgan fingerprint density at radius 1 is 1.12 bits per heavy atom. The molecule has 0 saturated carbocycles. The predicted molar refractivity (Wildman–Crippen MR) is 122 cm³/mol. The average molecular weight is 425 g/mol. The van der Waals surface area contributed by atoms with Crippen molar-refractivity contribution in [3.8, 4) is 28.9 Å². The van der Waals surface area contributed by atoms with Gasteiger partial charge in [0.15, 0.2) is 0 Å². The van der Waals surface area contributed by atoms with Gasteiger partial charge in [-0.2, -0.15) is 10.2 Å². The zero-order valence-electron chi connectivity index (χ0n) is 18.0. The lowest BCUT2D eigenvalue weighted by Crippen LogP contribution is -2.37. The van der Waals surface area contributed by atoms with Gasteiger partial charge in [0.2, 0.25) is 5.82 Å². The van der Waals surface area contributed by atoms with Crippen molar-refractivity contribution in [3.63, 3.8) is 0 Å². The molecule has 0 amide bonds. The fraction of sp³-hybridized carbons (Fsp3) is 0.280. The molecule has 4 aromatic rings. The second kappa shape index (κ2) is 8.67. The Balaban J connectivity index is 1.36. The minimum atomic E-state index is 0.414. The number of hydrogen-bond donors (Lipinski definition) is 0. The van der Waals surface area contributed by atoms with Gasteiger partial charge in [0.25, 0.3) is 5.89 Å². The molecule has 7 nitrogen and oxygen atoms in total. The van der Waals surface area contributed by atoms with E-state index in [9.17, 15) is 5.26 Å². The van der Waals surface area contributed by atoms with Crippen molar-refractivity contribution < 1.29 is 4.52 Å². The van der Waals surface area contributed by atoms with E-state index in [1.54, 1.807) is 12.5 Å². The van der Waals surface area contributed by atoms with Gasteiger partial charge in [0.05, 0.1) is 17.6 Å². The minimum absolute atomic E-state index is 0.414. The first-order valence-electron chi connectivity index (χ1n) is 10.9. The number of nitriles is 1. The molecule has 1 aliphatic heterocycles. The van der Waals surface area contributed by atoms with Crippen LogP contribution >= 0.6 is 0 Å². The van der Waals surface area contributed by atoms with Crippen LogP contribution in [0.4, 0.5) is 5.69 Å². The van der Waals surface area contributed by atoms with E-state index in [0.29, 0.717) is 23.3 Å². The summed E-state index contributed by atoms with van der Waals surface area (Å²) in [5.41, 5.74) is 4.42. The molecule has 2 aromatic carbocycles. The van der Waals surface area contributed by atoms with Crippen LogP contribution in [-0.2, 0) is 6.54 Å². The van der Waals surface area contributed by atoms with Crippen LogP contribution in [-0.4, -0.2) is 32.3 Å². The molecule has 1 fully saturated rings. The second-order valence-electron chi connectivity index (χ2n) is 8.24. The number of benzene rings is 2. The lowest BCUT2D eigenvalue weighted by molar-refractivity contribution is 0.432. The third kappa shape index (κ3) is 4.00. The Labute approximate surface area is 186 Å². The van der Waals surface area contributed by atoms with Gasteiger partial charge in [-0.15, -0.1) is 0 Å². The molecule has 0 N–H and O–H groups in total. The van der Waals surface area contributed by atoms with E-state index >= 15 is 0 Å². The Morgan fingerprint density at radius 3 is 2.72 bits per heavy atom. The zero-order valence-corrected chi connectivity index (χ0v) is 18.0. The Kier molecular flexibility index (Phi) is 5.42. The van der Waals surface area contributed by atoms with Crippen LogP contribution in [0, 0.1) is 11.3 Å². The van der Waals surface area contributed by atoms with Gasteiger partial charge < -0.3 is 14.0 Å². The van der Waals surface area contributed by atoms with Gasteiger partial charge in [-0.05, 0) is 49.9 Å². The molecule has 1 atom stereocenters. The smallest absolute Gasteiger partial charge is 0.258 e. The summed E-state index contributed by atoms with van der Waals surface area (Å²) in [5, 5.41) is 13.9. The van der Waals surface area contributed by atoms with Gasteiger partial charge in [-0.25, -0.2) is 4.98 Å². The molecule has 2 aromatic heterocycles. The first-order chi connectivity index (χ1) is 15.7. The zero-order chi connectivity index (χ0) is 21.9. The number of imidazole rings is 1. The highest BCUT2D eigenvalue weighted by Crippen LogP contribution is 2.31. The first kappa shape index (κ1) is 20.0. The van der Waals surface area contributed by atoms with Gasteiger partial charge in [-0.3, -0.25) is 0 Å². The lowest BCUT2D eigenvalue weighted by Gasteiger charge is -2.36. The maximum Gasteiger partial charge on any atom is 0.258 e. The van der Waals surface area contributed by atoms with Crippen LogP contribution in [0.25, 0.3) is 22.8 Å². The number of anilines is 1. The van der Waals surface area contributed by atoms with E-state index in [1.807, 2.05) is 53.2 Å². The molecular formula is C25H24N6O. The topological polar surface area (TPSA) is 83.8 Å². The Hall–Kier alpha value is -3.92. The summed E-state index contributed by atoms with van der Waals surface area (Å²) in [6, 6.07) is 16.7. The third-order valence-corrected chi connectivity index (χ3v) is 6.04. The van der Waals surface area contributed by atoms with Crippen molar-refractivity contribution in [1.82, 2.24) is 19.7 Å². The molecule has 32 heavy (non-hydrogen) atoms. The van der Waals surface area contributed by atoms with Gasteiger partial charge in [-0.1, -0.05) is 29.4 Å². The van der Waals surface area contributed by atoms with E-state index in [0.717, 1.165) is 48.3 Å². The van der Waals surface area contributed by atoms with Crippen molar-refractivity contribution in [2.75, 3.05) is 11.4 Å². The van der Waals surface area contributed by atoms with E-state index < -0.39 is 0 Å². The quantitative estimate of drug-likeness (QED) is 0.453. The number of hydrogen-bond acceptors (Lipinski definition) is 6. The molecule has 3 heterocycles. The fourth-order valence-electron chi connectivity index (χ4n) is 4.27. The maximum atomic E-state index is 9.76. The standard InChI is InChI=1S/C25H24N6O/c1-18-4-2-3-12-31(18)23-10-9-21(14-22(23)15-26)25-28-24(29-32-25)20-7-5-19(6-8-20)16-30-13-11-27-17-30/h5-11,13-14,17-18H,2-4,12,16H2,1H3. The molecule has 0 spiro atoms. The van der Waals surface area contributed by atoms with Gasteiger partial charge in [0, 0.05) is 42.7 Å². The molecule has 0 radical (unpaired) electrons. The highest BCUT2D eigenvalue weighted by Gasteiger charge is 2.22. The second-order valence-corrected chi connectivity index (χ2v) is 8.24. The number of nitrogens with zero attached hydrogens (tertiary/aromatic N) is 6. The largest absolute Gasteiger partial charge is 0.368 e. The highest BCUT2D eigenvalue weighted by atomic mass is 16.5. The van der Waals surface area contributed by atoms with Crippen molar-refractivity contribution in [2.45, 2.75) is 38.8 Å². The summed E-state index contributed by atoms with van der Waals surface area (Å²) < 4.78 is 7.55. The van der Waals surface area contributed by atoms with Crippen LogP contribution in [0.15, 0.2) is 65.7 Å². The fourth-order valence-corrected chi connectivity index (χ4v) is 4.27. The molecule has 1 unspecified atom stereocenters. The lowest BCUT2D eigenvalue weighted by atomic mass is 10.0. The van der Waals surface area contributed by atoms with Crippen molar-refractivity contribution in [3.05, 3.63) is 72.3 Å². The maximum absolute atomic E-state index is 9.76. The third-order valence-electron chi connectivity index (χ3n) is 6.04. The van der Waals surface area contributed by atoms with Crippen LogP contribution in [0.1, 0.15) is 37.3 Å². The summed E-state index contributed by atoms with van der Waals surface area (Å²) >= 11 is 0. The van der Waals surface area contributed by atoms with Gasteiger partial charge in [0.1, 0.15) is 6.07 Å². The SMILES string of the molecule is CC1CCCCN1c1ccc(-c2nc(-c3ccc(Cn4ccnc4)cc3)no2)cc1C#N. The summed E-state index contributed by atoms with van der Waals surface area (Å²) in [5.74, 6) is 0.943. The van der Waals surface area contributed by atoms with E-state index in [4.69, 9.17) is 4.52 Å². The summed E-state index contributed by atoms with van der Waals surface area (Å²) in [4.78, 5) is 11.0. The van der Waals surface area contributed by atoms with Crippen LogP contribution in [0.5, 0.6) is 0 Å². The molecule has 7 heteroatoms. The van der Waals surface area contributed by atoms with Crippen molar-refractivity contribution in [1.29, 1.82) is 5.26 Å². The Bertz CT molecular complexity index is 1240. The summed E-state index contributed by atoms with van der Waals surface area (Å²) in [6.45, 7) is 3.96. The van der Waals surface area contributed by atoms with Crippen LogP contribution in [0.2, 0.25) is 0 Å². The molecule has 5 rings (SSSR count). The van der Waals surface area contributed by atoms with Crippen molar-refractivity contribution in [2.24, 2.45) is 0 Å². The summed E-state index contributed by atoms with van der Waals surface area (Å²) in [7, 11) is 0. The monoisotopic (exact) mass is 424 g/mol. The van der Waals surface area contributed by atoms with E-state index in [-0.39, 0.29) is 0 Å². The van der Waals surface area contributed by atoms with E-state index in [2.05, 4.69) is 33.0 Å². The van der Waals surface area contributed by atoms with Crippen LogP contribution < -0.4 is 4.90 Å². The molecular weight excluding hydrogens is 400 g/mol.